The maximum absolute atomic E-state index is 12.1. The second-order valence-corrected chi connectivity index (χ2v) is 6.18. The highest BCUT2D eigenvalue weighted by atomic mass is 16.5. The number of amides is 1. The maximum atomic E-state index is 12.1. The fourth-order valence-electron chi connectivity index (χ4n) is 2.71. The van der Waals surface area contributed by atoms with E-state index in [9.17, 15) is 4.79 Å². The van der Waals surface area contributed by atoms with Crippen molar-refractivity contribution in [2.45, 2.75) is 19.8 Å². The second kappa shape index (κ2) is 9.55. The van der Waals surface area contributed by atoms with Gasteiger partial charge in [0.1, 0.15) is 5.82 Å². The summed E-state index contributed by atoms with van der Waals surface area (Å²) in [5, 5.41) is 11.1. The van der Waals surface area contributed by atoms with Crippen molar-refractivity contribution in [1.82, 2.24) is 19.9 Å². The van der Waals surface area contributed by atoms with E-state index in [0.29, 0.717) is 31.1 Å². The molecule has 0 atom stereocenters. The molecule has 2 aromatic heterocycles. The van der Waals surface area contributed by atoms with Crippen LogP contribution in [0.3, 0.4) is 0 Å². The van der Waals surface area contributed by atoms with Gasteiger partial charge in [-0.3, -0.25) is 9.20 Å². The van der Waals surface area contributed by atoms with E-state index in [1.807, 2.05) is 53.9 Å². The van der Waals surface area contributed by atoms with Gasteiger partial charge in [0.25, 0.3) is 0 Å². The topological polar surface area (TPSA) is 77.8 Å². The smallest absolute Gasteiger partial charge is 0.244 e. The summed E-state index contributed by atoms with van der Waals surface area (Å²) in [7, 11) is 1.60. The first-order valence-corrected chi connectivity index (χ1v) is 9.26. The van der Waals surface area contributed by atoms with Crippen LogP contribution in [0, 0.1) is 0 Å². The predicted molar refractivity (Wildman–Crippen MR) is 108 cm³/mol. The van der Waals surface area contributed by atoms with Crippen molar-refractivity contribution in [3.63, 3.8) is 0 Å². The molecule has 2 heterocycles. The Morgan fingerprint density at radius 1 is 1.21 bits per heavy atom. The SMILES string of the molecule is CCCOc1ccc(/C=C/C(=O)NCCc2nnc3ccccn23)cc1OC. The molecule has 7 heteroatoms. The van der Waals surface area contributed by atoms with Gasteiger partial charge in [0, 0.05) is 25.2 Å². The normalized spacial score (nSPS) is 11.1. The van der Waals surface area contributed by atoms with Gasteiger partial charge in [-0.15, -0.1) is 10.2 Å². The average molecular weight is 380 g/mol. The number of hydrogen-bond donors (Lipinski definition) is 1. The Bertz CT molecular complexity index is 965. The number of methoxy groups -OCH3 is 1. The summed E-state index contributed by atoms with van der Waals surface area (Å²) >= 11 is 0. The summed E-state index contributed by atoms with van der Waals surface area (Å²) in [4.78, 5) is 12.1. The molecular formula is C21H24N4O3. The van der Waals surface area contributed by atoms with E-state index in [0.717, 1.165) is 23.5 Å². The van der Waals surface area contributed by atoms with Crippen LogP contribution < -0.4 is 14.8 Å². The molecule has 0 bridgehead atoms. The highest BCUT2D eigenvalue weighted by Crippen LogP contribution is 2.28. The first kappa shape index (κ1) is 19.4. The zero-order valence-corrected chi connectivity index (χ0v) is 16.1. The fraction of sp³-hybridized carbons (Fsp3) is 0.286. The number of carbonyl (C=O) groups is 1. The van der Waals surface area contributed by atoms with Crippen LogP contribution in [-0.2, 0) is 11.2 Å². The standard InChI is InChI=1S/C21H24N4O3/c1-3-14-28-17-9-7-16(15-18(17)27-2)8-10-21(26)22-12-11-20-24-23-19-6-4-5-13-25(19)20/h4-10,13,15H,3,11-12,14H2,1-2H3,(H,22,26)/b10-8+. The van der Waals surface area contributed by atoms with Gasteiger partial charge in [-0.05, 0) is 42.3 Å². The molecule has 3 aromatic rings. The predicted octanol–water partition coefficient (Wildman–Crippen LogP) is 2.90. The van der Waals surface area contributed by atoms with Crippen molar-refractivity contribution in [2.24, 2.45) is 0 Å². The van der Waals surface area contributed by atoms with Crippen LogP contribution in [0.15, 0.2) is 48.7 Å². The second-order valence-electron chi connectivity index (χ2n) is 6.18. The largest absolute Gasteiger partial charge is 0.493 e. The summed E-state index contributed by atoms with van der Waals surface area (Å²) in [6.07, 6.45) is 6.68. The minimum Gasteiger partial charge on any atom is -0.493 e. The average Bonchev–Trinajstić information content (AvgIpc) is 3.14. The lowest BCUT2D eigenvalue weighted by atomic mass is 10.2. The quantitative estimate of drug-likeness (QED) is 0.578. The number of benzene rings is 1. The van der Waals surface area contributed by atoms with Crippen molar-refractivity contribution in [1.29, 1.82) is 0 Å². The monoisotopic (exact) mass is 380 g/mol. The lowest BCUT2D eigenvalue weighted by molar-refractivity contribution is -0.116. The Morgan fingerprint density at radius 2 is 2.11 bits per heavy atom. The molecule has 0 fully saturated rings. The fourth-order valence-corrected chi connectivity index (χ4v) is 2.71. The Labute approximate surface area is 164 Å². The van der Waals surface area contributed by atoms with Crippen LogP contribution in [0.5, 0.6) is 11.5 Å². The van der Waals surface area contributed by atoms with E-state index in [-0.39, 0.29) is 5.91 Å². The van der Waals surface area contributed by atoms with Crippen LogP contribution in [-0.4, -0.2) is 40.8 Å². The van der Waals surface area contributed by atoms with Crippen LogP contribution in [0.4, 0.5) is 0 Å². The Kier molecular flexibility index (Phi) is 6.62. The maximum Gasteiger partial charge on any atom is 0.244 e. The molecule has 0 aliphatic rings. The Hall–Kier alpha value is -3.35. The number of hydrogen-bond acceptors (Lipinski definition) is 5. The molecule has 1 N–H and O–H groups in total. The highest BCUT2D eigenvalue weighted by molar-refractivity contribution is 5.91. The number of carbonyl (C=O) groups excluding carboxylic acids is 1. The minimum atomic E-state index is -0.168. The number of nitrogens with one attached hydrogen (secondary N) is 1. The van der Waals surface area contributed by atoms with Gasteiger partial charge in [0.2, 0.25) is 5.91 Å². The Balaban J connectivity index is 1.53. The molecule has 0 spiro atoms. The Morgan fingerprint density at radius 3 is 2.93 bits per heavy atom. The molecule has 0 aliphatic carbocycles. The molecule has 0 saturated heterocycles. The number of rotatable bonds is 9. The van der Waals surface area contributed by atoms with Crippen molar-refractivity contribution in [3.8, 4) is 11.5 Å². The van der Waals surface area contributed by atoms with Gasteiger partial charge in [0.15, 0.2) is 17.1 Å². The van der Waals surface area contributed by atoms with Crippen LogP contribution in [0.2, 0.25) is 0 Å². The molecular weight excluding hydrogens is 356 g/mol. The zero-order valence-electron chi connectivity index (χ0n) is 16.1. The molecule has 0 aliphatic heterocycles. The van der Waals surface area contributed by atoms with E-state index in [4.69, 9.17) is 9.47 Å². The molecule has 1 aromatic carbocycles. The van der Waals surface area contributed by atoms with E-state index < -0.39 is 0 Å². The molecule has 0 unspecified atom stereocenters. The number of nitrogens with zero attached hydrogens (tertiary/aromatic N) is 3. The lowest BCUT2D eigenvalue weighted by Gasteiger charge is -2.10. The summed E-state index contributed by atoms with van der Waals surface area (Å²) in [5.74, 6) is 1.99. The van der Waals surface area contributed by atoms with Crippen molar-refractivity contribution < 1.29 is 14.3 Å². The van der Waals surface area contributed by atoms with E-state index >= 15 is 0 Å². The van der Waals surface area contributed by atoms with Gasteiger partial charge in [-0.25, -0.2) is 0 Å². The number of aromatic nitrogens is 3. The molecule has 146 valence electrons. The summed E-state index contributed by atoms with van der Waals surface area (Å²) in [5.41, 5.74) is 1.66. The third-order valence-corrected chi connectivity index (χ3v) is 4.11. The number of fused-ring (bicyclic) bond motifs is 1. The van der Waals surface area contributed by atoms with Crippen LogP contribution in [0.25, 0.3) is 11.7 Å². The molecule has 1 amide bonds. The molecule has 0 saturated carbocycles. The summed E-state index contributed by atoms with van der Waals surface area (Å²) in [6, 6.07) is 11.3. The van der Waals surface area contributed by atoms with Gasteiger partial charge in [-0.1, -0.05) is 19.1 Å². The van der Waals surface area contributed by atoms with Gasteiger partial charge in [-0.2, -0.15) is 0 Å². The summed E-state index contributed by atoms with van der Waals surface area (Å²) < 4.78 is 12.9. The van der Waals surface area contributed by atoms with Crippen molar-refractivity contribution in [3.05, 3.63) is 60.1 Å². The first-order chi connectivity index (χ1) is 13.7. The molecule has 0 radical (unpaired) electrons. The number of ether oxygens (including phenoxy) is 2. The van der Waals surface area contributed by atoms with Gasteiger partial charge in [0.05, 0.1) is 13.7 Å². The van der Waals surface area contributed by atoms with E-state index in [1.54, 1.807) is 13.2 Å². The van der Waals surface area contributed by atoms with E-state index in [2.05, 4.69) is 15.5 Å². The summed E-state index contributed by atoms with van der Waals surface area (Å²) in [6.45, 7) is 3.16. The lowest BCUT2D eigenvalue weighted by Crippen LogP contribution is -2.24. The molecule has 28 heavy (non-hydrogen) atoms. The molecule has 3 rings (SSSR count). The third-order valence-electron chi connectivity index (χ3n) is 4.11. The van der Waals surface area contributed by atoms with Gasteiger partial charge < -0.3 is 14.8 Å². The first-order valence-electron chi connectivity index (χ1n) is 9.26. The van der Waals surface area contributed by atoms with Crippen molar-refractivity contribution in [2.75, 3.05) is 20.3 Å². The van der Waals surface area contributed by atoms with Crippen LogP contribution >= 0.6 is 0 Å². The third kappa shape index (κ3) is 4.88. The molecule has 7 nitrogen and oxygen atoms in total. The van der Waals surface area contributed by atoms with Gasteiger partial charge >= 0.3 is 0 Å². The van der Waals surface area contributed by atoms with Crippen molar-refractivity contribution >= 4 is 17.6 Å². The van der Waals surface area contributed by atoms with E-state index in [1.165, 1.54) is 6.08 Å². The number of pyridine rings is 1. The minimum absolute atomic E-state index is 0.168. The van der Waals surface area contributed by atoms with Crippen LogP contribution in [0.1, 0.15) is 24.7 Å². The zero-order chi connectivity index (χ0) is 19.8. The highest BCUT2D eigenvalue weighted by Gasteiger charge is 2.06.